The fourth-order valence-corrected chi connectivity index (χ4v) is 1.99. The van der Waals surface area contributed by atoms with Gasteiger partial charge >= 0.3 is 0 Å². The van der Waals surface area contributed by atoms with Crippen LogP contribution in [0, 0.1) is 0 Å². The van der Waals surface area contributed by atoms with E-state index in [0.29, 0.717) is 6.61 Å². The third kappa shape index (κ3) is 5.66. The van der Waals surface area contributed by atoms with Gasteiger partial charge in [0, 0.05) is 6.61 Å². The maximum atomic E-state index is 12.0. The van der Waals surface area contributed by atoms with E-state index >= 15 is 0 Å². The Labute approximate surface area is 132 Å². The number of aliphatic hydroxyl groups is 1. The number of ether oxygens (including phenoxy) is 2. The predicted molar refractivity (Wildman–Crippen MR) is 85.9 cm³/mol. The Morgan fingerprint density at radius 2 is 1.91 bits per heavy atom. The Balaban J connectivity index is 2.51. The molecule has 5 heteroatoms. The summed E-state index contributed by atoms with van der Waals surface area (Å²) in [5, 5.41) is 13.1. The highest BCUT2D eigenvalue weighted by Crippen LogP contribution is 2.20. The Morgan fingerprint density at radius 3 is 2.45 bits per heavy atom. The molecule has 0 bridgehead atoms. The van der Waals surface area contributed by atoms with Gasteiger partial charge in [0.1, 0.15) is 11.9 Å². The van der Waals surface area contributed by atoms with E-state index in [1.54, 1.807) is 45.2 Å². The molecule has 0 aliphatic heterocycles. The van der Waals surface area contributed by atoms with Crippen molar-refractivity contribution in [1.29, 1.82) is 0 Å². The molecule has 1 rings (SSSR count). The number of carbonyl (C=O) groups excluding carboxylic acids is 1. The number of methoxy groups -OCH3 is 1. The lowest BCUT2D eigenvalue weighted by molar-refractivity contribution is -0.133. The number of aliphatic hydroxyl groups excluding tert-OH is 1. The summed E-state index contributed by atoms with van der Waals surface area (Å²) in [6, 6.07) is 6.73. The number of carbonyl (C=O) groups is 1. The van der Waals surface area contributed by atoms with E-state index in [1.807, 2.05) is 0 Å². The second kappa shape index (κ2) is 9.43. The Morgan fingerprint density at radius 1 is 1.27 bits per heavy atom. The molecular weight excluding hydrogens is 282 g/mol. The molecule has 22 heavy (non-hydrogen) atoms. The lowest BCUT2D eigenvalue weighted by Gasteiger charge is -2.23. The summed E-state index contributed by atoms with van der Waals surface area (Å²) in [7, 11) is 1.59. The van der Waals surface area contributed by atoms with Crippen LogP contribution >= 0.6 is 0 Å². The van der Waals surface area contributed by atoms with E-state index in [2.05, 4.69) is 12.2 Å². The highest BCUT2D eigenvalue weighted by atomic mass is 16.5. The number of hydrogen-bond donors (Lipinski definition) is 2. The molecule has 0 spiro atoms. The van der Waals surface area contributed by atoms with Gasteiger partial charge in [-0.25, -0.2) is 0 Å². The van der Waals surface area contributed by atoms with Crippen LogP contribution in [0.4, 0.5) is 0 Å². The van der Waals surface area contributed by atoms with Crippen molar-refractivity contribution in [2.24, 2.45) is 0 Å². The summed E-state index contributed by atoms with van der Waals surface area (Å²) in [6.07, 6.45) is 0.664. The molecule has 0 saturated heterocycles. The average Bonchev–Trinajstić information content (AvgIpc) is 2.54. The van der Waals surface area contributed by atoms with Gasteiger partial charge in [-0.1, -0.05) is 25.5 Å². The molecule has 1 aromatic carbocycles. The van der Waals surface area contributed by atoms with Gasteiger partial charge in [0.05, 0.1) is 19.3 Å². The van der Waals surface area contributed by atoms with Crippen LogP contribution in [-0.2, 0) is 9.53 Å². The molecule has 0 saturated carbocycles. The van der Waals surface area contributed by atoms with Crippen molar-refractivity contribution in [1.82, 2.24) is 5.32 Å². The number of unbranched alkanes of at least 4 members (excludes halogenated alkanes) is 1. The van der Waals surface area contributed by atoms with Gasteiger partial charge in [-0.3, -0.25) is 4.79 Å². The van der Waals surface area contributed by atoms with Gasteiger partial charge < -0.3 is 19.9 Å². The molecule has 2 N–H and O–H groups in total. The van der Waals surface area contributed by atoms with Crippen molar-refractivity contribution in [3.63, 3.8) is 0 Å². The van der Waals surface area contributed by atoms with Crippen LogP contribution < -0.4 is 10.1 Å². The van der Waals surface area contributed by atoms with E-state index in [0.717, 1.165) is 24.2 Å². The SMILES string of the molecule is CCCCO[C@H](C)C(=O)N[C@H](C)[C@@H](O)c1ccc(OC)cc1. The minimum absolute atomic E-state index is 0.212. The summed E-state index contributed by atoms with van der Waals surface area (Å²) in [5.41, 5.74) is 0.730. The summed E-state index contributed by atoms with van der Waals surface area (Å²) >= 11 is 0. The van der Waals surface area contributed by atoms with Crippen molar-refractivity contribution >= 4 is 5.91 Å². The Kier molecular flexibility index (Phi) is 7.91. The fraction of sp³-hybridized carbons (Fsp3) is 0.588. The smallest absolute Gasteiger partial charge is 0.249 e. The van der Waals surface area contributed by atoms with E-state index in [4.69, 9.17) is 9.47 Å². The first-order valence-corrected chi connectivity index (χ1v) is 7.73. The van der Waals surface area contributed by atoms with Crippen LogP contribution in [0.2, 0.25) is 0 Å². The lowest BCUT2D eigenvalue weighted by atomic mass is 10.0. The van der Waals surface area contributed by atoms with E-state index < -0.39 is 18.2 Å². The molecule has 0 aliphatic rings. The number of hydrogen-bond acceptors (Lipinski definition) is 4. The molecule has 124 valence electrons. The first-order valence-electron chi connectivity index (χ1n) is 7.73. The van der Waals surface area contributed by atoms with E-state index in [1.165, 1.54) is 0 Å². The summed E-state index contributed by atoms with van der Waals surface area (Å²) in [6.45, 7) is 6.13. The van der Waals surface area contributed by atoms with Crippen LogP contribution in [0.5, 0.6) is 5.75 Å². The van der Waals surface area contributed by atoms with E-state index in [-0.39, 0.29) is 5.91 Å². The monoisotopic (exact) mass is 309 g/mol. The van der Waals surface area contributed by atoms with Crippen molar-refractivity contribution in [3.05, 3.63) is 29.8 Å². The zero-order valence-corrected chi connectivity index (χ0v) is 13.8. The quantitative estimate of drug-likeness (QED) is 0.688. The molecule has 0 fully saturated rings. The standard InChI is InChI=1S/C17H27NO4/c1-5-6-11-22-13(3)17(20)18-12(2)16(19)14-7-9-15(21-4)10-8-14/h7-10,12-13,16,19H,5-6,11H2,1-4H3,(H,18,20)/t12-,13-,16-/m1/s1. The van der Waals surface area contributed by atoms with Crippen molar-refractivity contribution in [2.75, 3.05) is 13.7 Å². The highest BCUT2D eigenvalue weighted by molar-refractivity contribution is 5.80. The molecule has 0 aliphatic carbocycles. The van der Waals surface area contributed by atoms with Crippen LogP contribution in [0.1, 0.15) is 45.3 Å². The Bertz CT molecular complexity index is 446. The van der Waals surface area contributed by atoms with Crippen molar-refractivity contribution < 1.29 is 19.4 Å². The number of benzene rings is 1. The third-order valence-corrected chi connectivity index (χ3v) is 3.54. The van der Waals surface area contributed by atoms with Gasteiger partial charge in [-0.2, -0.15) is 0 Å². The molecule has 0 aromatic heterocycles. The zero-order chi connectivity index (χ0) is 16.5. The minimum Gasteiger partial charge on any atom is -0.497 e. The maximum Gasteiger partial charge on any atom is 0.249 e. The molecule has 1 aromatic rings. The first kappa shape index (κ1) is 18.5. The van der Waals surface area contributed by atoms with Gasteiger partial charge in [0.25, 0.3) is 0 Å². The number of rotatable bonds is 9. The molecular formula is C17H27NO4. The summed E-state index contributed by atoms with van der Waals surface area (Å²) in [5.74, 6) is 0.516. The van der Waals surface area contributed by atoms with Crippen LogP contribution in [0.3, 0.4) is 0 Å². The van der Waals surface area contributed by atoms with Crippen LogP contribution in [0.15, 0.2) is 24.3 Å². The Hall–Kier alpha value is -1.59. The highest BCUT2D eigenvalue weighted by Gasteiger charge is 2.21. The first-order chi connectivity index (χ1) is 10.5. The summed E-state index contributed by atoms with van der Waals surface area (Å²) < 4.78 is 10.5. The molecule has 3 atom stereocenters. The third-order valence-electron chi connectivity index (χ3n) is 3.54. The van der Waals surface area contributed by atoms with Crippen LogP contribution in [0.25, 0.3) is 0 Å². The average molecular weight is 309 g/mol. The molecule has 0 radical (unpaired) electrons. The van der Waals surface area contributed by atoms with E-state index in [9.17, 15) is 9.90 Å². The zero-order valence-electron chi connectivity index (χ0n) is 13.8. The van der Waals surface area contributed by atoms with Crippen molar-refractivity contribution in [2.45, 2.75) is 51.9 Å². The maximum absolute atomic E-state index is 12.0. The second-order valence-corrected chi connectivity index (χ2v) is 5.38. The van der Waals surface area contributed by atoms with Gasteiger partial charge in [0.15, 0.2) is 0 Å². The molecule has 0 heterocycles. The molecule has 5 nitrogen and oxygen atoms in total. The van der Waals surface area contributed by atoms with Gasteiger partial charge in [-0.05, 0) is 38.0 Å². The second-order valence-electron chi connectivity index (χ2n) is 5.38. The molecule has 0 unspecified atom stereocenters. The van der Waals surface area contributed by atoms with Crippen molar-refractivity contribution in [3.8, 4) is 5.75 Å². The topological polar surface area (TPSA) is 67.8 Å². The fourth-order valence-electron chi connectivity index (χ4n) is 1.99. The lowest BCUT2D eigenvalue weighted by Crippen LogP contribution is -2.42. The number of nitrogens with one attached hydrogen (secondary N) is 1. The van der Waals surface area contributed by atoms with Gasteiger partial charge in [-0.15, -0.1) is 0 Å². The molecule has 1 amide bonds. The predicted octanol–water partition coefficient (Wildman–Crippen LogP) is 2.44. The minimum atomic E-state index is -0.780. The normalized spacial score (nSPS) is 15.0. The number of amides is 1. The summed E-state index contributed by atoms with van der Waals surface area (Å²) in [4.78, 5) is 12.0. The van der Waals surface area contributed by atoms with Gasteiger partial charge in [0.2, 0.25) is 5.91 Å². The van der Waals surface area contributed by atoms with Crippen LogP contribution in [-0.4, -0.2) is 36.9 Å². The largest absolute Gasteiger partial charge is 0.497 e.